The van der Waals surface area contributed by atoms with Gasteiger partial charge in [0, 0.05) is 11.6 Å². The summed E-state index contributed by atoms with van der Waals surface area (Å²) in [4.78, 5) is 38.2. The van der Waals surface area contributed by atoms with Gasteiger partial charge in [-0.3, -0.25) is 10.4 Å². The number of carbonyl (C=O) groups is 2. The van der Waals surface area contributed by atoms with Crippen molar-refractivity contribution < 1.29 is 32.2 Å². The number of nitrogens with one attached hydrogen (secondary N) is 2. The molecule has 15 heteroatoms. The number of esters is 1. The Labute approximate surface area is 210 Å². The number of fused-ring (bicyclic) bond motifs is 1. The highest BCUT2D eigenvalue weighted by Gasteiger charge is 2.38. The molecule has 4 rings (SSSR count). The first kappa shape index (κ1) is 25.3. The molecule has 0 aliphatic carbocycles. The lowest BCUT2D eigenvalue weighted by atomic mass is 10.1. The Morgan fingerprint density at radius 2 is 1.78 bits per heavy atom. The number of anilines is 2. The summed E-state index contributed by atoms with van der Waals surface area (Å²) in [5.41, 5.74) is -0.390. The minimum atomic E-state index is -4.83. The lowest BCUT2D eigenvalue weighted by molar-refractivity contribution is 0.0521. The first-order chi connectivity index (χ1) is 17.8. The Balaban J connectivity index is 1.88. The van der Waals surface area contributed by atoms with Gasteiger partial charge >= 0.3 is 12.0 Å². The third-order valence-electron chi connectivity index (χ3n) is 4.94. The molecule has 0 bridgehead atoms. The standard InChI is InChI=1S/C22H21N7O7S/c1-4-36-20(30)15-12-24-28-19(15)37(32,33)29(18-14-8-6-5-7-13(14)9-10-23-18)22(31)27-21-25-16(34-2)11-17(26-21)35-3/h5-12H,4H2,1-3H3,(H,24,28)(H,25,26,27,31). The normalized spacial score (nSPS) is 11.1. The number of aromatic nitrogens is 5. The SMILES string of the molecule is CCOC(=O)c1cn[nH]c1S(=O)(=O)N(C(=O)Nc1nc(OC)cc(OC)n1)c1nccc2ccccc12. The Morgan fingerprint density at radius 1 is 1.08 bits per heavy atom. The average Bonchev–Trinajstić information content (AvgIpc) is 3.40. The summed E-state index contributed by atoms with van der Waals surface area (Å²) in [7, 11) is -2.13. The smallest absolute Gasteiger partial charge is 0.344 e. The van der Waals surface area contributed by atoms with E-state index < -0.39 is 27.0 Å². The maximum absolute atomic E-state index is 13.9. The van der Waals surface area contributed by atoms with Gasteiger partial charge in [0.15, 0.2) is 10.8 Å². The lowest BCUT2D eigenvalue weighted by Crippen LogP contribution is -2.41. The van der Waals surface area contributed by atoms with Crippen LogP contribution in [0.3, 0.4) is 0 Å². The molecule has 3 heterocycles. The van der Waals surface area contributed by atoms with Crippen LogP contribution in [0.4, 0.5) is 16.6 Å². The number of urea groups is 1. The maximum atomic E-state index is 13.9. The lowest BCUT2D eigenvalue weighted by Gasteiger charge is -2.22. The number of ether oxygens (including phenoxy) is 3. The first-order valence-electron chi connectivity index (χ1n) is 10.7. The minimum Gasteiger partial charge on any atom is -0.481 e. The minimum absolute atomic E-state index is 0.00636. The van der Waals surface area contributed by atoms with E-state index in [2.05, 4.69) is 30.5 Å². The van der Waals surface area contributed by atoms with E-state index in [0.29, 0.717) is 15.1 Å². The van der Waals surface area contributed by atoms with Crippen molar-refractivity contribution in [3.63, 3.8) is 0 Å². The summed E-state index contributed by atoms with van der Waals surface area (Å²) in [6, 6.07) is 8.53. The molecular weight excluding hydrogens is 506 g/mol. The maximum Gasteiger partial charge on any atom is 0.344 e. The van der Waals surface area contributed by atoms with Crippen molar-refractivity contribution in [2.75, 3.05) is 30.4 Å². The van der Waals surface area contributed by atoms with Gasteiger partial charge in [-0.05, 0) is 18.4 Å². The van der Waals surface area contributed by atoms with Crippen LogP contribution in [-0.2, 0) is 14.8 Å². The number of aromatic amines is 1. The van der Waals surface area contributed by atoms with Crippen molar-refractivity contribution in [3.05, 3.63) is 54.4 Å². The van der Waals surface area contributed by atoms with Crippen LogP contribution in [0, 0.1) is 0 Å². The second-order valence-corrected chi connectivity index (χ2v) is 8.89. The van der Waals surface area contributed by atoms with E-state index >= 15 is 0 Å². The van der Waals surface area contributed by atoms with Gasteiger partial charge < -0.3 is 14.2 Å². The van der Waals surface area contributed by atoms with E-state index in [0.717, 1.165) is 6.20 Å². The fourth-order valence-corrected chi connectivity index (χ4v) is 4.72. The number of H-pyrrole nitrogens is 1. The monoisotopic (exact) mass is 527 g/mol. The fraction of sp³-hybridized carbons (Fsp3) is 0.182. The third kappa shape index (κ3) is 4.97. The number of hydrogen-bond acceptors (Lipinski definition) is 11. The number of benzene rings is 1. The number of hydrogen-bond donors (Lipinski definition) is 2. The first-order valence-corrected chi connectivity index (χ1v) is 12.1. The van der Waals surface area contributed by atoms with Gasteiger partial charge in [0.25, 0.3) is 10.0 Å². The van der Waals surface area contributed by atoms with Gasteiger partial charge in [0.1, 0.15) is 5.56 Å². The number of pyridine rings is 1. The van der Waals surface area contributed by atoms with Gasteiger partial charge in [-0.1, -0.05) is 24.3 Å². The van der Waals surface area contributed by atoms with E-state index in [4.69, 9.17) is 14.2 Å². The van der Waals surface area contributed by atoms with Crippen LogP contribution in [0.25, 0.3) is 10.8 Å². The molecule has 14 nitrogen and oxygen atoms in total. The van der Waals surface area contributed by atoms with Crippen LogP contribution >= 0.6 is 0 Å². The second kappa shape index (κ2) is 10.4. The molecule has 1 aromatic carbocycles. The molecule has 3 aromatic heterocycles. The molecular formula is C22H21N7O7S. The van der Waals surface area contributed by atoms with Crippen molar-refractivity contribution in [2.45, 2.75) is 11.9 Å². The van der Waals surface area contributed by atoms with Crippen molar-refractivity contribution >= 4 is 44.6 Å². The number of nitrogens with zero attached hydrogens (tertiary/aromatic N) is 5. The van der Waals surface area contributed by atoms with Crippen LogP contribution < -0.4 is 19.1 Å². The fourth-order valence-electron chi connectivity index (χ4n) is 3.32. The zero-order valence-electron chi connectivity index (χ0n) is 19.8. The molecule has 0 unspecified atom stereocenters. The van der Waals surface area contributed by atoms with Crippen molar-refractivity contribution in [2.24, 2.45) is 0 Å². The van der Waals surface area contributed by atoms with Crippen LogP contribution in [0.2, 0.25) is 0 Å². The Bertz CT molecular complexity index is 1550. The van der Waals surface area contributed by atoms with Gasteiger partial charge in [-0.2, -0.15) is 27.8 Å². The zero-order chi connectivity index (χ0) is 26.6. The van der Waals surface area contributed by atoms with Crippen LogP contribution in [0.5, 0.6) is 11.8 Å². The van der Waals surface area contributed by atoms with Gasteiger partial charge in [0.2, 0.25) is 17.7 Å². The summed E-state index contributed by atoms with van der Waals surface area (Å²) in [6.45, 7) is 1.56. The van der Waals surface area contributed by atoms with Gasteiger partial charge in [0.05, 0.1) is 33.1 Å². The summed E-state index contributed by atoms with van der Waals surface area (Å²) in [5.74, 6) is -1.38. The zero-order valence-corrected chi connectivity index (χ0v) is 20.6. The van der Waals surface area contributed by atoms with Crippen LogP contribution in [0.15, 0.2) is 53.8 Å². The molecule has 2 amide bonds. The molecule has 0 saturated heterocycles. The van der Waals surface area contributed by atoms with E-state index in [1.807, 2.05) is 0 Å². The quantitative estimate of drug-likeness (QED) is 0.321. The topological polar surface area (TPSA) is 179 Å². The predicted molar refractivity (Wildman–Crippen MR) is 130 cm³/mol. The molecule has 0 spiro atoms. The number of amides is 2. The molecule has 0 radical (unpaired) electrons. The molecule has 37 heavy (non-hydrogen) atoms. The largest absolute Gasteiger partial charge is 0.481 e. The predicted octanol–water partition coefficient (Wildman–Crippen LogP) is 2.37. The highest BCUT2D eigenvalue weighted by molar-refractivity contribution is 7.93. The Hall–Kier alpha value is -4.79. The third-order valence-corrected chi connectivity index (χ3v) is 6.59. The van der Waals surface area contributed by atoms with Gasteiger partial charge in [-0.25, -0.2) is 14.6 Å². The molecule has 0 aliphatic heterocycles. The van der Waals surface area contributed by atoms with E-state index in [-0.39, 0.29) is 35.7 Å². The highest BCUT2D eigenvalue weighted by Crippen LogP contribution is 2.30. The second-order valence-electron chi connectivity index (χ2n) is 7.16. The number of sulfonamides is 1. The Kier molecular flexibility index (Phi) is 7.15. The summed E-state index contributed by atoms with van der Waals surface area (Å²) >= 11 is 0. The van der Waals surface area contributed by atoms with Crippen molar-refractivity contribution in [1.29, 1.82) is 0 Å². The van der Waals surface area contributed by atoms with Crippen molar-refractivity contribution in [1.82, 2.24) is 25.1 Å². The van der Waals surface area contributed by atoms with E-state index in [1.54, 1.807) is 37.3 Å². The van der Waals surface area contributed by atoms with Gasteiger partial charge in [-0.15, -0.1) is 0 Å². The number of methoxy groups -OCH3 is 2. The average molecular weight is 528 g/mol. The van der Waals surface area contributed by atoms with Crippen molar-refractivity contribution in [3.8, 4) is 11.8 Å². The molecule has 0 aliphatic rings. The van der Waals surface area contributed by atoms with Crippen LogP contribution in [0.1, 0.15) is 17.3 Å². The van der Waals surface area contributed by atoms with E-state index in [1.165, 1.54) is 26.5 Å². The highest BCUT2D eigenvalue weighted by atomic mass is 32.2. The molecule has 192 valence electrons. The Morgan fingerprint density at radius 3 is 2.46 bits per heavy atom. The number of carbonyl (C=O) groups excluding carboxylic acids is 2. The molecule has 0 fully saturated rings. The summed E-state index contributed by atoms with van der Waals surface area (Å²) in [5, 5.41) is 8.57. The summed E-state index contributed by atoms with van der Waals surface area (Å²) < 4.78 is 43.3. The van der Waals surface area contributed by atoms with E-state index in [9.17, 15) is 18.0 Å². The van der Waals surface area contributed by atoms with Crippen LogP contribution in [-0.4, -0.2) is 66.4 Å². The number of rotatable bonds is 8. The molecule has 4 aromatic rings. The molecule has 0 saturated carbocycles. The summed E-state index contributed by atoms with van der Waals surface area (Å²) in [6.07, 6.45) is 2.34. The molecule has 2 N–H and O–H groups in total. The molecule has 0 atom stereocenters.